The van der Waals surface area contributed by atoms with Crippen molar-refractivity contribution >= 4 is 38.9 Å². The summed E-state index contributed by atoms with van der Waals surface area (Å²) in [6.45, 7) is 0.587. The molecule has 2 aromatic rings. The Bertz CT molecular complexity index is 1050. The zero-order chi connectivity index (χ0) is 20.6. The second-order valence-electron chi connectivity index (χ2n) is 7.05. The van der Waals surface area contributed by atoms with E-state index in [2.05, 4.69) is 5.32 Å². The summed E-state index contributed by atoms with van der Waals surface area (Å²) in [5, 5.41) is 2.75. The number of nitrogens with one attached hydrogen (secondary N) is 1. The Hall–Kier alpha value is -3.07. The van der Waals surface area contributed by atoms with Crippen LogP contribution >= 0.6 is 0 Å². The number of sulfonamides is 1. The molecule has 0 bridgehead atoms. The van der Waals surface area contributed by atoms with E-state index in [9.17, 15) is 18.0 Å². The van der Waals surface area contributed by atoms with E-state index < -0.39 is 22.0 Å². The number of ether oxygens (including phenoxy) is 1. The van der Waals surface area contributed by atoms with Crippen molar-refractivity contribution in [3.63, 3.8) is 0 Å². The molecule has 0 spiro atoms. The van der Waals surface area contributed by atoms with E-state index in [0.717, 1.165) is 18.4 Å². The fraction of sp³-hybridized carbons (Fsp3) is 0.300. The lowest BCUT2D eigenvalue weighted by atomic mass is 10.2. The standard InChI is InChI=1S/C20H21N3O5S/c1-29(26,27)23-13-18(28-17-6-3-2-5-16(17)23)20(25)21-14-8-10-15(11-9-14)22-12-4-7-19(22)24/h2-3,5-6,8-11,18H,4,7,12-13H2,1H3,(H,21,25)/t18-/m0/s1. The molecule has 0 aromatic heterocycles. The van der Waals surface area contributed by atoms with Gasteiger partial charge in [0.15, 0.2) is 6.10 Å². The Kier molecular flexibility index (Phi) is 4.91. The Morgan fingerprint density at radius 3 is 2.52 bits per heavy atom. The second kappa shape index (κ2) is 7.40. The number of amides is 2. The van der Waals surface area contributed by atoms with Crippen LogP contribution in [0.4, 0.5) is 17.1 Å². The molecule has 1 atom stereocenters. The van der Waals surface area contributed by atoms with Crippen LogP contribution in [0.15, 0.2) is 48.5 Å². The van der Waals surface area contributed by atoms with Gasteiger partial charge in [0.05, 0.1) is 18.5 Å². The minimum absolute atomic E-state index is 0.0944. The number of hydrogen-bond acceptors (Lipinski definition) is 5. The summed E-state index contributed by atoms with van der Waals surface area (Å²) in [6.07, 6.45) is 1.51. The molecule has 0 radical (unpaired) electrons. The fourth-order valence-corrected chi connectivity index (χ4v) is 4.44. The first-order chi connectivity index (χ1) is 13.8. The van der Waals surface area contributed by atoms with Crippen molar-refractivity contribution in [3.05, 3.63) is 48.5 Å². The number of nitrogens with zero attached hydrogens (tertiary/aromatic N) is 2. The molecule has 0 unspecified atom stereocenters. The van der Waals surface area contributed by atoms with Gasteiger partial charge in [-0.05, 0) is 42.8 Å². The van der Waals surface area contributed by atoms with Crippen LogP contribution in [-0.4, -0.2) is 45.7 Å². The van der Waals surface area contributed by atoms with Crippen molar-refractivity contribution in [1.29, 1.82) is 0 Å². The fourth-order valence-electron chi connectivity index (χ4n) is 3.52. The number of hydrogen-bond donors (Lipinski definition) is 1. The molecule has 2 aliphatic heterocycles. The zero-order valence-corrected chi connectivity index (χ0v) is 16.7. The van der Waals surface area contributed by atoms with E-state index in [4.69, 9.17) is 4.74 Å². The Labute approximate surface area is 169 Å². The highest BCUT2D eigenvalue weighted by atomic mass is 32.2. The topological polar surface area (TPSA) is 96.0 Å². The summed E-state index contributed by atoms with van der Waals surface area (Å²) >= 11 is 0. The van der Waals surface area contributed by atoms with Crippen molar-refractivity contribution < 1.29 is 22.7 Å². The van der Waals surface area contributed by atoms with Gasteiger partial charge in [-0.1, -0.05) is 12.1 Å². The quantitative estimate of drug-likeness (QED) is 0.824. The molecule has 0 saturated carbocycles. The van der Waals surface area contributed by atoms with Crippen LogP contribution in [0.3, 0.4) is 0 Å². The molecule has 1 saturated heterocycles. The Balaban J connectivity index is 1.49. The number of para-hydroxylation sites is 2. The van der Waals surface area contributed by atoms with E-state index in [-0.39, 0.29) is 12.5 Å². The predicted molar refractivity (Wildman–Crippen MR) is 110 cm³/mol. The maximum atomic E-state index is 12.7. The van der Waals surface area contributed by atoms with Gasteiger partial charge in [-0.2, -0.15) is 0 Å². The smallest absolute Gasteiger partial charge is 0.267 e. The monoisotopic (exact) mass is 415 g/mol. The van der Waals surface area contributed by atoms with E-state index in [1.807, 2.05) is 0 Å². The maximum absolute atomic E-state index is 12.7. The zero-order valence-electron chi connectivity index (χ0n) is 15.9. The Morgan fingerprint density at radius 2 is 1.86 bits per heavy atom. The maximum Gasteiger partial charge on any atom is 0.267 e. The van der Waals surface area contributed by atoms with Crippen molar-refractivity contribution in [2.75, 3.05) is 33.9 Å². The molecule has 2 aromatic carbocycles. The van der Waals surface area contributed by atoms with E-state index in [1.165, 1.54) is 4.31 Å². The number of anilines is 3. The molecular weight excluding hydrogens is 394 g/mol. The molecule has 4 rings (SSSR count). The molecule has 2 amide bonds. The van der Waals surface area contributed by atoms with E-state index in [1.54, 1.807) is 53.4 Å². The molecule has 29 heavy (non-hydrogen) atoms. The van der Waals surface area contributed by atoms with Gasteiger partial charge in [-0.15, -0.1) is 0 Å². The molecule has 8 nitrogen and oxygen atoms in total. The largest absolute Gasteiger partial charge is 0.476 e. The lowest BCUT2D eigenvalue weighted by Gasteiger charge is -2.33. The molecule has 0 aliphatic carbocycles. The van der Waals surface area contributed by atoms with Crippen LogP contribution in [0.25, 0.3) is 0 Å². The summed E-state index contributed by atoms with van der Waals surface area (Å²) < 4.78 is 31.3. The lowest BCUT2D eigenvalue weighted by Crippen LogP contribution is -2.48. The predicted octanol–water partition coefficient (Wildman–Crippen LogP) is 1.98. The SMILES string of the molecule is CS(=O)(=O)N1C[C@@H](C(=O)Nc2ccc(N3CCCC3=O)cc2)Oc2ccccc21. The minimum atomic E-state index is -3.56. The summed E-state index contributed by atoms with van der Waals surface area (Å²) in [7, 11) is -3.56. The molecule has 1 N–H and O–H groups in total. The highest BCUT2D eigenvalue weighted by molar-refractivity contribution is 7.92. The lowest BCUT2D eigenvalue weighted by molar-refractivity contribution is -0.122. The number of carbonyl (C=O) groups is 2. The van der Waals surface area contributed by atoms with Crippen molar-refractivity contribution in [2.45, 2.75) is 18.9 Å². The highest BCUT2D eigenvalue weighted by Crippen LogP contribution is 2.34. The van der Waals surface area contributed by atoms with Gasteiger partial charge < -0.3 is 15.0 Å². The number of fused-ring (bicyclic) bond motifs is 1. The van der Waals surface area contributed by atoms with Gasteiger partial charge >= 0.3 is 0 Å². The Morgan fingerprint density at radius 1 is 1.14 bits per heavy atom. The number of carbonyl (C=O) groups excluding carboxylic acids is 2. The van der Waals surface area contributed by atoms with Gasteiger partial charge in [0.25, 0.3) is 5.91 Å². The molecule has 9 heteroatoms. The van der Waals surface area contributed by atoms with Crippen LogP contribution in [0, 0.1) is 0 Å². The van der Waals surface area contributed by atoms with Gasteiger partial charge in [-0.25, -0.2) is 8.42 Å². The molecule has 2 aliphatic rings. The summed E-state index contributed by atoms with van der Waals surface area (Å²) in [4.78, 5) is 26.3. The van der Waals surface area contributed by atoms with Crippen LogP contribution in [-0.2, 0) is 19.6 Å². The van der Waals surface area contributed by atoms with E-state index >= 15 is 0 Å². The summed E-state index contributed by atoms with van der Waals surface area (Å²) in [6, 6.07) is 13.7. The third kappa shape index (κ3) is 3.91. The normalized spacial score (nSPS) is 18.9. The number of benzene rings is 2. The van der Waals surface area contributed by atoms with Crippen LogP contribution in [0.5, 0.6) is 5.75 Å². The first-order valence-electron chi connectivity index (χ1n) is 9.27. The molecular formula is C20H21N3O5S. The van der Waals surface area contributed by atoms with Crippen molar-refractivity contribution in [2.24, 2.45) is 0 Å². The molecule has 152 valence electrons. The van der Waals surface area contributed by atoms with Gasteiger partial charge in [0.2, 0.25) is 15.9 Å². The van der Waals surface area contributed by atoms with Crippen LogP contribution in [0.1, 0.15) is 12.8 Å². The highest BCUT2D eigenvalue weighted by Gasteiger charge is 2.34. The van der Waals surface area contributed by atoms with E-state index in [0.29, 0.717) is 30.1 Å². The third-order valence-electron chi connectivity index (χ3n) is 4.95. The van der Waals surface area contributed by atoms with Crippen LogP contribution in [0.2, 0.25) is 0 Å². The van der Waals surface area contributed by atoms with Crippen molar-refractivity contribution in [3.8, 4) is 5.75 Å². The first-order valence-corrected chi connectivity index (χ1v) is 11.1. The van der Waals surface area contributed by atoms with Crippen LogP contribution < -0.4 is 19.3 Å². The van der Waals surface area contributed by atoms with Gasteiger partial charge in [-0.3, -0.25) is 13.9 Å². The second-order valence-corrected chi connectivity index (χ2v) is 8.96. The molecule has 1 fully saturated rings. The average molecular weight is 415 g/mol. The molecule has 2 heterocycles. The van der Waals surface area contributed by atoms with Crippen molar-refractivity contribution in [1.82, 2.24) is 0 Å². The van der Waals surface area contributed by atoms with Gasteiger partial charge in [0, 0.05) is 24.3 Å². The first kappa shape index (κ1) is 19.3. The number of rotatable bonds is 4. The summed E-state index contributed by atoms with van der Waals surface area (Å²) in [5.74, 6) is -0.0118. The average Bonchev–Trinajstić information content (AvgIpc) is 3.13. The van der Waals surface area contributed by atoms with Gasteiger partial charge in [0.1, 0.15) is 5.75 Å². The third-order valence-corrected chi connectivity index (χ3v) is 6.09. The summed E-state index contributed by atoms with van der Waals surface area (Å²) in [5.41, 5.74) is 1.74. The minimum Gasteiger partial charge on any atom is -0.476 e.